The summed E-state index contributed by atoms with van der Waals surface area (Å²) in [5.74, 6) is -0.107. The maximum absolute atomic E-state index is 12.8. The van der Waals surface area contributed by atoms with Gasteiger partial charge in [0.15, 0.2) is 0 Å². The lowest BCUT2D eigenvalue weighted by molar-refractivity contribution is -0.122. The number of benzene rings is 1. The average molecular weight is 278 g/mol. The molecule has 1 aliphatic heterocycles. The summed E-state index contributed by atoms with van der Waals surface area (Å²) in [7, 11) is 2.09. The third-order valence-corrected chi connectivity index (χ3v) is 3.99. The van der Waals surface area contributed by atoms with E-state index in [-0.39, 0.29) is 11.7 Å². The van der Waals surface area contributed by atoms with Gasteiger partial charge in [-0.3, -0.25) is 4.79 Å². The first kappa shape index (κ1) is 15.0. The van der Waals surface area contributed by atoms with Crippen molar-refractivity contribution in [1.29, 1.82) is 0 Å². The molecule has 1 atom stereocenters. The molecule has 110 valence electrons. The van der Waals surface area contributed by atoms with Crippen LogP contribution in [-0.2, 0) is 11.2 Å². The Hall–Kier alpha value is -1.42. The van der Waals surface area contributed by atoms with Crippen LogP contribution in [0.4, 0.5) is 4.39 Å². The first-order valence-electron chi connectivity index (χ1n) is 7.36. The van der Waals surface area contributed by atoms with Gasteiger partial charge in [-0.15, -0.1) is 0 Å². The van der Waals surface area contributed by atoms with Crippen LogP contribution in [0.1, 0.15) is 31.2 Å². The second-order valence-corrected chi connectivity index (χ2v) is 5.56. The molecular formula is C16H23FN2O. The Balaban J connectivity index is 1.68. The van der Waals surface area contributed by atoms with Gasteiger partial charge < -0.3 is 10.2 Å². The van der Waals surface area contributed by atoms with E-state index in [4.69, 9.17) is 0 Å². The van der Waals surface area contributed by atoms with Crippen molar-refractivity contribution in [2.45, 2.75) is 38.1 Å². The maximum atomic E-state index is 12.8. The number of rotatable bonds is 5. The summed E-state index contributed by atoms with van der Waals surface area (Å²) in [6.45, 7) is 1.70. The maximum Gasteiger partial charge on any atom is 0.221 e. The molecule has 1 heterocycles. The summed E-state index contributed by atoms with van der Waals surface area (Å²) in [6.07, 6.45) is 4.89. The van der Waals surface area contributed by atoms with Gasteiger partial charge in [0.2, 0.25) is 5.91 Å². The minimum Gasteiger partial charge on any atom is -0.356 e. The molecular weight excluding hydrogens is 255 g/mol. The van der Waals surface area contributed by atoms with Crippen molar-refractivity contribution in [3.8, 4) is 0 Å². The lowest BCUT2D eigenvalue weighted by Crippen LogP contribution is -2.40. The largest absolute Gasteiger partial charge is 0.356 e. The van der Waals surface area contributed by atoms with E-state index in [1.54, 1.807) is 12.1 Å². The van der Waals surface area contributed by atoms with Crippen molar-refractivity contribution in [3.63, 3.8) is 0 Å². The first-order chi connectivity index (χ1) is 9.65. The summed E-state index contributed by atoms with van der Waals surface area (Å²) in [6, 6.07) is 6.81. The Bertz CT molecular complexity index is 433. The average Bonchev–Trinajstić information content (AvgIpc) is 2.44. The Labute approximate surface area is 120 Å². The van der Waals surface area contributed by atoms with Crippen LogP contribution < -0.4 is 5.32 Å². The van der Waals surface area contributed by atoms with Crippen LogP contribution in [0.25, 0.3) is 0 Å². The quantitative estimate of drug-likeness (QED) is 0.896. The zero-order valence-electron chi connectivity index (χ0n) is 12.1. The molecule has 2 rings (SSSR count). The zero-order valence-corrected chi connectivity index (χ0v) is 12.1. The van der Waals surface area contributed by atoms with E-state index >= 15 is 0 Å². The summed E-state index contributed by atoms with van der Waals surface area (Å²) < 4.78 is 12.8. The van der Waals surface area contributed by atoms with Gasteiger partial charge in [0.1, 0.15) is 5.82 Å². The van der Waals surface area contributed by atoms with Gasteiger partial charge in [-0.2, -0.15) is 0 Å². The second kappa shape index (κ2) is 7.39. The molecule has 1 fully saturated rings. The minimum absolute atomic E-state index is 0.117. The number of amides is 1. The number of hydrogen-bond acceptors (Lipinski definition) is 2. The van der Waals surface area contributed by atoms with Crippen molar-refractivity contribution in [3.05, 3.63) is 35.6 Å². The predicted octanol–water partition coefficient (Wildman–Crippen LogP) is 2.36. The molecule has 0 aromatic heterocycles. The molecule has 4 heteroatoms. The highest BCUT2D eigenvalue weighted by molar-refractivity contribution is 5.76. The fraction of sp³-hybridized carbons (Fsp3) is 0.562. The molecule has 1 amide bonds. The molecule has 0 unspecified atom stereocenters. The normalized spacial score (nSPS) is 19.8. The fourth-order valence-electron chi connectivity index (χ4n) is 2.69. The van der Waals surface area contributed by atoms with Gasteiger partial charge in [-0.1, -0.05) is 18.6 Å². The lowest BCUT2D eigenvalue weighted by atomic mass is 10.00. The summed E-state index contributed by atoms with van der Waals surface area (Å²) in [5, 5.41) is 2.95. The molecule has 0 bridgehead atoms. The number of carbonyl (C=O) groups is 1. The molecule has 20 heavy (non-hydrogen) atoms. The van der Waals surface area contributed by atoms with Crippen molar-refractivity contribution in [2.24, 2.45) is 0 Å². The molecule has 1 aromatic rings. The molecule has 0 spiro atoms. The molecule has 0 saturated carbocycles. The Morgan fingerprint density at radius 3 is 2.80 bits per heavy atom. The van der Waals surface area contributed by atoms with Crippen LogP contribution in [0.15, 0.2) is 24.3 Å². The molecule has 0 radical (unpaired) electrons. The molecule has 1 aliphatic rings. The molecule has 3 nitrogen and oxygen atoms in total. The van der Waals surface area contributed by atoms with E-state index in [9.17, 15) is 9.18 Å². The zero-order chi connectivity index (χ0) is 14.4. The number of piperidine rings is 1. The van der Waals surface area contributed by atoms with Crippen LogP contribution in [0.2, 0.25) is 0 Å². The van der Waals surface area contributed by atoms with Crippen molar-refractivity contribution < 1.29 is 9.18 Å². The monoisotopic (exact) mass is 278 g/mol. The highest BCUT2D eigenvalue weighted by Gasteiger charge is 2.21. The lowest BCUT2D eigenvalue weighted by Gasteiger charge is -2.31. The number of hydrogen-bond donors (Lipinski definition) is 1. The van der Waals surface area contributed by atoms with Gasteiger partial charge in [0.25, 0.3) is 0 Å². The molecule has 1 aromatic carbocycles. The SMILES string of the molecule is CN1CCCC[C@H]1CC(=O)NCCc1ccc(F)cc1. The summed E-state index contributed by atoms with van der Waals surface area (Å²) >= 11 is 0. The van der Waals surface area contributed by atoms with Crippen LogP contribution in [0.5, 0.6) is 0 Å². The fourth-order valence-corrected chi connectivity index (χ4v) is 2.69. The van der Waals surface area contributed by atoms with E-state index in [0.717, 1.165) is 24.9 Å². The van der Waals surface area contributed by atoms with Gasteiger partial charge in [-0.05, 0) is 50.6 Å². The third kappa shape index (κ3) is 4.60. The Morgan fingerprint density at radius 1 is 1.35 bits per heavy atom. The highest BCUT2D eigenvalue weighted by atomic mass is 19.1. The van der Waals surface area contributed by atoms with Crippen LogP contribution in [0.3, 0.4) is 0 Å². The topological polar surface area (TPSA) is 32.3 Å². The molecule has 1 N–H and O–H groups in total. The van der Waals surface area contributed by atoms with E-state index in [0.29, 0.717) is 19.0 Å². The molecule has 0 aliphatic carbocycles. The van der Waals surface area contributed by atoms with Crippen molar-refractivity contribution >= 4 is 5.91 Å². The Kier molecular flexibility index (Phi) is 5.53. The number of carbonyl (C=O) groups excluding carboxylic acids is 1. The standard InChI is InChI=1S/C16H23FN2O/c1-19-11-3-2-4-15(19)12-16(20)18-10-9-13-5-7-14(17)8-6-13/h5-8,15H,2-4,9-12H2,1H3,(H,18,20)/t15-/m0/s1. The van der Waals surface area contributed by atoms with E-state index < -0.39 is 0 Å². The summed E-state index contributed by atoms with van der Waals surface area (Å²) in [5.41, 5.74) is 1.04. The predicted molar refractivity (Wildman–Crippen MR) is 78.0 cm³/mol. The van der Waals surface area contributed by atoms with Crippen LogP contribution >= 0.6 is 0 Å². The smallest absolute Gasteiger partial charge is 0.221 e. The van der Waals surface area contributed by atoms with Gasteiger partial charge >= 0.3 is 0 Å². The van der Waals surface area contributed by atoms with Crippen LogP contribution in [-0.4, -0.2) is 37.0 Å². The van der Waals surface area contributed by atoms with Gasteiger partial charge in [0.05, 0.1) is 0 Å². The summed E-state index contributed by atoms with van der Waals surface area (Å²) in [4.78, 5) is 14.2. The van der Waals surface area contributed by atoms with E-state index in [1.807, 2.05) is 0 Å². The Morgan fingerprint density at radius 2 is 2.10 bits per heavy atom. The minimum atomic E-state index is -0.224. The van der Waals surface area contributed by atoms with Gasteiger partial charge in [-0.25, -0.2) is 4.39 Å². The third-order valence-electron chi connectivity index (χ3n) is 3.99. The molecule has 1 saturated heterocycles. The van der Waals surface area contributed by atoms with Crippen molar-refractivity contribution in [1.82, 2.24) is 10.2 Å². The first-order valence-corrected chi connectivity index (χ1v) is 7.36. The number of nitrogens with one attached hydrogen (secondary N) is 1. The number of likely N-dealkylation sites (tertiary alicyclic amines) is 1. The highest BCUT2D eigenvalue weighted by Crippen LogP contribution is 2.17. The van der Waals surface area contributed by atoms with Gasteiger partial charge in [0, 0.05) is 19.0 Å². The number of halogens is 1. The van der Waals surface area contributed by atoms with E-state index in [1.165, 1.54) is 25.0 Å². The van der Waals surface area contributed by atoms with Crippen molar-refractivity contribution in [2.75, 3.05) is 20.1 Å². The number of nitrogens with zero attached hydrogens (tertiary/aromatic N) is 1. The van der Waals surface area contributed by atoms with E-state index in [2.05, 4.69) is 17.3 Å². The second-order valence-electron chi connectivity index (χ2n) is 5.56. The van der Waals surface area contributed by atoms with Crippen LogP contribution in [0, 0.1) is 5.82 Å².